The van der Waals surface area contributed by atoms with Crippen LogP contribution in [0.25, 0.3) is 0 Å². The smallest absolute Gasteiger partial charge is 0.240 e. The molecule has 92 valence electrons. The lowest BCUT2D eigenvalue weighted by atomic mass is 10.2. The first-order valence-electron chi connectivity index (χ1n) is 5.84. The van der Waals surface area contributed by atoms with E-state index in [0.29, 0.717) is 12.6 Å². The van der Waals surface area contributed by atoms with Gasteiger partial charge in [-0.05, 0) is 25.0 Å². The van der Waals surface area contributed by atoms with Crippen LogP contribution in [-0.4, -0.2) is 32.7 Å². The van der Waals surface area contributed by atoms with Crippen LogP contribution >= 0.6 is 0 Å². The van der Waals surface area contributed by atoms with Gasteiger partial charge in [-0.1, -0.05) is 6.07 Å². The Balaban J connectivity index is 1.96. The number of methoxy groups -OCH3 is 1. The molecule has 4 heteroatoms. The molecular formula is C13H18N2O2. The normalized spacial score (nSPS) is 14.5. The molecule has 1 saturated carbocycles. The molecule has 0 aliphatic heterocycles. The van der Waals surface area contributed by atoms with Crippen LogP contribution in [0.1, 0.15) is 12.8 Å². The first-order chi connectivity index (χ1) is 8.20. The molecule has 1 aliphatic carbocycles. The minimum Gasteiger partial charge on any atom is -0.497 e. The molecule has 0 unspecified atom stereocenters. The maximum Gasteiger partial charge on any atom is 0.240 e. The van der Waals surface area contributed by atoms with E-state index in [1.807, 2.05) is 24.3 Å². The largest absolute Gasteiger partial charge is 0.497 e. The summed E-state index contributed by atoms with van der Waals surface area (Å²) in [7, 11) is 3.40. The highest BCUT2D eigenvalue weighted by Crippen LogP contribution is 2.21. The molecule has 0 spiro atoms. The van der Waals surface area contributed by atoms with E-state index in [4.69, 9.17) is 4.74 Å². The highest BCUT2D eigenvalue weighted by Gasteiger charge is 2.22. The van der Waals surface area contributed by atoms with E-state index in [1.165, 1.54) is 12.8 Å². The van der Waals surface area contributed by atoms with Gasteiger partial charge in [0.15, 0.2) is 0 Å². The van der Waals surface area contributed by atoms with Gasteiger partial charge in [0, 0.05) is 24.8 Å². The molecule has 4 nitrogen and oxygen atoms in total. The summed E-state index contributed by atoms with van der Waals surface area (Å²) in [6.45, 7) is 0.401. The highest BCUT2D eigenvalue weighted by atomic mass is 16.5. The molecule has 0 atom stereocenters. The lowest BCUT2D eigenvalue weighted by molar-refractivity contribution is -0.117. The number of anilines is 1. The molecule has 1 N–H and O–H groups in total. The van der Waals surface area contributed by atoms with E-state index >= 15 is 0 Å². The van der Waals surface area contributed by atoms with Crippen LogP contribution in [0.4, 0.5) is 5.69 Å². The molecular weight excluding hydrogens is 216 g/mol. The summed E-state index contributed by atoms with van der Waals surface area (Å²) in [4.78, 5) is 13.5. The summed E-state index contributed by atoms with van der Waals surface area (Å²) in [5.41, 5.74) is 0.854. The maximum atomic E-state index is 11.9. The van der Waals surface area contributed by atoms with E-state index in [2.05, 4.69) is 5.32 Å². The SMILES string of the molecule is COc1cccc(N(C)C(=O)CNC2CC2)c1. The van der Waals surface area contributed by atoms with Crippen molar-refractivity contribution in [2.75, 3.05) is 25.6 Å². The standard InChI is InChI=1S/C13H18N2O2/c1-15(13(16)9-14-10-6-7-10)11-4-3-5-12(8-11)17-2/h3-5,8,10,14H,6-7,9H2,1-2H3. The van der Waals surface area contributed by atoms with Crippen molar-refractivity contribution in [1.29, 1.82) is 0 Å². The zero-order valence-electron chi connectivity index (χ0n) is 10.3. The molecule has 1 amide bonds. The van der Waals surface area contributed by atoms with Gasteiger partial charge in [0.1, 0.15) is 5.75 Å². The Kier molecular flexibility index (Phi) is 3.64. The molecule has 2 rings (SSSR count). The predicted octanol–water partition coefficient (Wildman–Crippen LogP) is 1.41. The number of hydrogen-bond acceptors (Lipinski definition) is 3. The average molecular weight is 234 g/mol. The number of carbonyl (C=O) groups is 1. The minimum atomic E-state index is 0.0742. The van der Waals surface area contributed by atoms with Crippen molar-refractivity contribution >= 4 is 11.6 Å². The molecule has 1 aromatic carbocycles. The van der Waals surface area contributed by atoms with Gasteiger partial charge in [0.25, 0.3) is 0 Å². The number of rotatable bonds is 5. The van der Waals surface area contributed by atoms with Crippen molar-refractivity contribution < 1.29 is 9.53 Å². The van der Waals surface area contributed by atoms with Crippen LogP contribution in [0.5, 0.6) is 5.75 Å². The second-order valence-corrected chi connectivity index (χ2v) is 4.31. The number of nitrogens with one attached hydrogen (secondary N) is 1. The first-order valence-corrected chi connectivity index (χ1v) is 5.84. The summed E-state index contributed by atoms with van der Waals surface area (Å²) in [6.07, 6.45) is 2.38. The van der Waals surface area contributed by atoms with Gasteiger partial charge in [-0.25, -0.2) is 0 Å². The average Bonchev–Trinajstić information content (AvgIpc) is 3.19. The van der Waals surface area contributed by atoms with Gasteiger partial charge in [-0.15, -0.1) is 0 Å². The third-order valence-electron chi connectivity index (χ3n) is 2.93. The van der Waals surface area contributed by atoms with Crippen molar-refractivity contribution in [3.63, 3.8) is 0 Å². The second-order valence-electron chi connectivity index (χ2n) is 4.31. The molecule has 1 aromatic rings. The van der Waals surface area contributed by atoms with Crippen molar-refractivity contribution in [3.05, 3.63) is 24.3 Å². The van der Waals surface area contributed by atoms with E-state index in [0.717, 1.165) is 11.4 Å². The number of benzene rings is 1. The van der Waals surface area contributed by atoms with Crippen LogP contribution in [0, 0.1) is 0 Å². The third kappa shape index (κ3) is 3.20. The van der Waals surface area contributed by atoms with E-state index in [9.17, 15) is 4.79 Å². The summed E-state index contributed by atoms with van der Waals surface area (Å²) in [5.74, 6) is 0.836. The quantitative estimate of drug-likeness (QED) is 0.837. The van der Waals surface area contributed by atoms with Gasteiger partial charge in [-0.3, -0.25) is 4.79 Å². The molecule has 0 saturated heterocycles. The maximum absolute atomic E-state index is 11.9. The van der Waals surface area contributed by atoms with Gasteiger partial charge < -0.3 is 15.0 Å². The zero-order chi connectivity index (χ0) is 12.3. The molecule has 17 heavy (non-hydrogen) atoms. The van der Waals surface area contributed by atoms with Gasteiger partial charge in [0.2, 0.25) is 5.91 Å². The lowest BCUT2D eigenvalue weighted by Gasteiger charge is -2.18. The lowest BCUT2D eigenvalue weighted by Crippen LogP contribution is -2.36. The van der Waals surface area contributed by atoms with E-state index in [-0.39, 0.29) is 5.91 Å². The summed E-state index contributed by atoms with van der Waals surface area (Å²) < 4.78 is 5.14. The Morgan fingerprint density at radius 1 is 1.53 bits per heavy atom. The minimum absolute atomic E-state index is 0.0742. The molecule has 1 aliphatic rings. The van der Waals surface area contributed by atoms with Crippen LogP contribution in [0.3, 0.4) is 0 Å². The molecule has 0 radical (unpaired) electrons. The van der Waals surface area contributed by atoms with E-state index < -0.39 is 0 Å². The highest BCUT2D eigenvalue weighted by molar-refractivity contribution is 5.94. The summed E-state index contributed by atoms with van der Waals surface area (Å²) in [5, 5.41) is 3.21. The first kappa shape index (κ1) is 11.9. The van der Waals surface area contributed by atoms with E-state index in [1.54, 1.807) is 19.1 Å². The zero-order valence-corrected chi connectivity index (χ0v) is 10.3. The van der Waals surface area contributed by atoms with Crippen molar-refractivity contribution in [3.8, 4) is 5.75 Å². The topological polar surface area (TPSA) is 41.6 Å². The fourth-order valence-corrected chi connectivity index (χ4v) is 1.60. The number of nitrogens with zero attached hydrogens (tertiary/aromatic N) is 1. The van der Waals surface area contributed by atoms with Crippen LogP contribution in [0.15, 0.2) is 24.3 Å². The second kappa shape index (κ2) is 5.19. The van der Waals surface area contributed by atoms with Gasteiger partial charge in [0.05, 0.1) is 13.7 Å². The number of hydrogen-bond donors (Lipinski definition) is 1. The Labute approximate surface area is 102 Å². The fourth-order valence-electron chi connectivity index (χ4n) is 1.60. The summed E-state index contributed by atoms with van der Waals surface area (Å²) in [6, 6.07) is 8.06. The molecule has 0 aromatic heterocycles. The molecule has 0 heterocycles. The monoisotopic (exact) mass is 234 g/mol. The van der Waals surface area contributed by atoms with Crippen molar-refractivity contribution in [2.24, 2.45) is 0 Å². The Hall–Kier alpha value is -1.55. The van der Waals surface area contributed by atoms with Crippen molar-refractivity contribution in [1.82, 2.24) is 5.32 Å². The van der Waals surface area contributed by atoms with Gasteiger partial charge >= 0.3 is 0 Å². The number of likely N-dealkylation sites (N-methyl/N-ethyl adjacent to an activating group) is 1. The molecule has 0 bridgehead atoms. The number of carbonyl (C=O) groups excluding carboxylic acids is 1. The molecule has 1 fully saturated rings. The van der Waals surface area contributed by atoms with Crippen molar-refractivity contribution in [2.45, 2.75) is 18.9 Å². The predicted molar refractivity (Wildman–Crippen MR) is 67.4 cm³/mol. The fraction of sp³-hybridized carbons (Fsp3) is 0.462. The van der Waals surface area contributed by atoms with Gasteiger partial charge in [-0.2, -0.15) is 0 Å². The van der Waals surface area contributed by atoms with Crippen LogP contribution < -0.4 is 15.0 Å². The Bertz CT molecular complexity index is 402. The van der Waals surface area contributed by atoms with Crippen LogP contribution in [0.2, 0.25) is 0 Å². The Morgan fingerprint density at radius 3 is 2.94 bits per heavy atom. The third-order valence-corrected chi connectivity index (χ3v) is 2.93. The summed E-state index contributed by atoms with van der Waals surface area (Å²) >= 11 is 0. The number of ether oxygens (including phenoxy) is 1. The number of amides is 1. The van der Waals surface area contributed by atoms with Crippen LogP contribution in [-0.2, 0) is 4.79 Å². The Morgan fingerprint density at radius 2 is 2.29 bits per heavy atom.